The van der Waals surface area contributed by atoms with E-state index < -0.39 is 0 Å². The molecular formula is C19H21BrO. The van der Waals surface area contributed by atoms with Gasteiger partial charge in [0.1, 0.15) is 5.75 Å². The Morgan fingerprint density at radius 1 is 0.810 bits per heavy atom. The van der Waals surface area contributed by atoms with Gasteiger partial charge in [-0.05, 0) is 59.4 Å². The molecule has 2 heteroatoms. The zero-order valence-electron chi connectivity index (χ0n) is 12.8. The molecule has 0 aliphatic carbocycles. The first-order valence-corrected chi connectivity index (χ1v) is 8.11. The van der Waals surface area contributed by atoms with E-state index >= 15 is 0 Å². The lowest BCUT2D eigenvalue weighted by Gasteiger charge is -2.14. The molecule has 0 N–H and O–H groups in total. The zero-order valence-corrected chi connectivity index (χ0v) is 14.4. The van der Waals surface area contributed by atoms with Crippen LogP contribution in [0.15, 0.2) is 53.0 Å². The lowest BCUT2D eigenvalue weighted by Crippen LogP contribution is -1.92. The molecule has 0 aliphatic rings. The molecule has 0 amide bonds. The Kier molecular flexibility index (Phi) is 5.63. The summed E-state index contributed by atoms with van der Waals surface area (Å²) in [7, 11) is 1.70. The number of allylic oxidation sites excluding steroid dienone is 2. The molecule has 21 heavy (non-hydrogen) atoms. The largest absolute Gasteiger partial charge is 0.497 e. The minimum Gasteiger partial charge on any atom is -0.497 e. The van der Waals surface area contributed by atoms with E-state index in [-0.39, 0.29) is 0 Å². The molecule has 0 saturated carbocycles. The highest BCUT2D eigenvalue weighted by Gasteiger charge is 2.09. The van der Waals surface area contributed by atoms with Crippen LogP contribution in [0.25, 0.3) is 11.1 Å². The fourth-order valence-electron chi connectivity index (χ4n) is 2.63. The van der Waals surface area contributed by atoms with Gasteiger partial charge in [-0.1, -0.05) is 54.0 Å². The first-order chi connectivity index (χ1) is 10.2. The van der Waals surface area contributed by atoms with Crippen molar-refractivity contribution >= 4 is 27.1 Å². The second-order valence-corrected chi connectivity index (χ2v) is 5.82. The van der Waals surface area contributed by atoms with Gasteiger partial charge in [0, 0.05) is 4.47 Å². The summed E-state index contributed by atoms with van der Waals surface area (Å²) in [6, 6.07) is 16.9. The van der Waals surface area contributed by atoms with E-state index in [1.54, 1.807) is 7.11 Å². The van der Waals surface area contributed by atoms with Crippen molar-refractivity contribution in [2.45, 2.75) is 26.7 Å². The van der Waals surface area contributed by atoms with Crippen LogP contribution in [0.2, 0.25) is 0 Å². The molecule has 0 atom stereocenters. The van der Waals surface area contributed by atoms with E-state index in [2.05, 4.69) is 66.2 Å². The lowest BCUT2D eigenvalue weighted by molar-refractivity contribution is 0.415. The van der Waals surface area contributed by atoms with E-state index in [9.17, 15) is 0 Å². The number of methoxy groups -OCH3 is 1. The molecule has 0 fully saturated rings. The average Bonchev–Trinajstić information content (AvgIpc) is 2.54. The van der Waals surface area contributed by atoms with Gasteiger partial charge in [0.2, 0.25) is 0 Å². The summed E-state index contributed by atoms with van der Waals surface area (Å²) >= 11 is 3.50. The molecule has 2 rings (SSSR count). The summed E-state index contributed by atoms with van der Waals surface area (Å²) in [6.45, 7) is 4.44. The van der Waals surface area contributed by atoms with Crippen LogP contribution in [-0.4, -0.2) is 7.11 Å². The van der Waals surface area contributed by atoms with Crippen LogP contribution < -0.4 is 4.74 Å². The molecule has 0 spiro atoms. The SMILES string of the molecule is CC/C(=C(/CC)c1ccc(OC)cc1)c1ccc(Br)cc1. The van der Waals surface area contributed by atoms with Crippen LogP contribution in [0.5, 0.6) is 5.75 Å². The van der Waals surface area contributed by atoms with Gasteiger partial charge in [-0.2, -0.15) is 0 Å². The maximum atomic E-state index is 5.25. The summed E-state index contributed by atoms with van der Waals surface area (Å²) < 4.78 is 6.36. The number of hydrogen-bond acceptors (Lipinski definition) is 1. The Bertz CT molecular complexity index is 609. The summed E-state index contributed by atoms with van der Waals surface area (Å²) in [5.74, 6) is 0.899. The predicted molar refractivity (Wildman–Crippen MR) is 94.5 cm³/mol. The van der Waals surface area contributed by atoms with Crippen LogP contribution >= 0.6 is 15.9 Å². The topological polar surface area (TPSA) is 9.23 Å². The molecule has 110 valence electrons. The highest BCUT2D eigenvalue weighted by Crippen LogP contribution is 2.32. The van der Waals surface area contributed by atoms with Gasteiger partial charge in [0.25, 0.3) is 0 Å². The number of halogens is 1. The van der Waals surface area contributed by atoms with Gasteiger partial charge in [-0.3, -0.25) is 0 Å². The van der Waals surface area contributed by atoms with Crippen LogP contribution in [-0.2, 0) is 0 Å². The summed E-state index contributed by atoms with van der Waals surface area (Å²) in [5.41, 5.74) is 5.39. The number of benzene rings is 2. The molecule has 0 saturated heterocycles. The molecule has 0 aromatic heterocycles. The quantitative estimate of drug-likeness (QED) is 0.587. The minimum atomic E-state index is 0.899. The molecule has 2 aromatic carbocycles. The van der Waals surface area contributed by atoms with Gasteiger partial charge in [-0.15, -0.1) is 0 Å². The van der Waals surface area contributed by atoms with Gasteiger partial charge in [-0.25, -0.2) is 0 Å². The van der Waals surface area contributed by atoms with Crippen LogP contribution in [0, 0.1) is 0 Å². The molecule has 0 radical (unpaired) electrons. The monoisotopic (exact) mass is 344 g/mol. The maximum absolute atomic E-state index is 5.25. The smallest absolute Gasteiger partial charge is 0.118 e. The number of ether oxygens (including phenoxy) is 1. The van der Waals surface area contributed by atoms with E-state index in [1.165, 1.54) is 22.3 Å². The van der Waals surface area contributed by atoms with E-state index in [1.807, 2.05) is 12.1 Å². The van der Waals surface area contributed by atoms with Crippen LogP contribution in [0.3, 0.4) is 0 Å². The molecule has 1 nitrogen and oxygen atoms in total. The first-order valence-electron chi connectivity index (χ1n) is 7.32. The normalized spacial score (nSPS) is 12.0. The Morgan fingerprint density at radius 3 is 1.62 bits per heavy atom. The van der Waals surface area contributed by atoms with Crippen molar-refractivity contribution in [2.75, 3.05) is 7.11 Å². The Balaban J connectivity index is 2.49. The van der Waals surface area contributed by atoms with E-state index in [0.29, 0.717) is 0 Å². The van der Waals surface area contributed by atoms with Crippen molar-refractivity contribution < 1.29 is 4.74 Å². The second kappa shape index (κ2) is 7.46. The van der Waals surface area contributed by atoms with Crippen molar-refractivity contribution in [3.05, 3.63) is 64.1 Å². The van der Waals surface area contributed by atoms with Crippen molar-refractivity contribution in [3.8, 4) is 5.75 Å². The third-order valence-electron chi connectivity index (χ3n) is 3.70. The third kappa shape index (κ3) is 3.76. The summed E-state index contributed by atoms with van der Waals surface area (Å²) in [5, 5.41) is 0. The molecule has 0 unspecified atom stereocenters. The Labute approximate surface area is 135 Å². The molecule has 0 heterocycles. The van der Waals surface area contributed by atoms with E-state index in [4.69, 9.17) is 4.74 Å². The zero-order chi connectivity index (χ0) is 15.2. The second-order valence-electron chi connectivity index (χ2n) is 4.90. The third-order valence-corrected chi connectivity index (χ3v) is 4.23. The Hall–Kier alpha value is -1.54. The molecule has 2 aromatic rings. The van der Waals surface area contributed by atoms with Crippen LogP contribution in [0.4, 0.5) is 0 Å². The van der Waals surface area contributed by atoms with Crippen molar-refractivity contribution in [1.82, 2.24) is 0 Å². The highest BCUT2D eigenvalue weighted by molar-refractivity contribution is 9.10. The average molecular weight is 345 g/mol. The van der Waals surface area contributed by atoms with Crippen molar-refractivity contribution in [3.63, 3.8) is 0 Å². The number of hydrogen-bond donors (Lipinski definition) is 0. The standard InChI is InChI=1S/C19H21BrO/c1-4-18(14-6-10-16(20)11-7-14)19(5-2)15-8-12-17(21-3)13-9-15/h6-13H,4-5H2,1-3H3/b19-18+. The van der Waals surface area contributed by atoms with Crippen molar-refractivity contribution in [2.24, 2.45) is 0 Å². The molecule has 0 bridgehead atoms. The fraction of sp³-hybridized carbons (Fsp3) is 0.263. The van der Waals surface area contributed by atoms with E-state index in [0.717, 1.165) is 23.1 Å². The number of rotatable bonds is 5. The van der Waals surface area contributed by atoms with Gasteiger partial charge in [0.15, 0.2) is 0 Å². The Morgan fingerprint density at radius 2 is 1.24 bits per heavy atom. The minimum absolute atomic E-state index is 0.899. The summed E-state index contributed by atoms with van der Waals surface area (Å²) in [4.78, 5) is 0. The fourth-order valence-corrected chi connectivity index (χ4v) is 2.89. The van der Waals surface area contributed by atoms with Gasteiger partial charge >= 0.3 is 0 Å². The predicted octanol–water partition coefficient (Wildman–Crippen LogP) is 6.19. The molecular weight excluding hydrogens is 324 g/mol. The van der Waals surface area contributed by atoms with Gasteiger partial charge in [0.05, 0.1) is 7.11 Å². The van der Waals surface area contributed by atoms with Crippen LogP contribution in [0.1, 0.15) is 37.8 Å². The van der Waals surface area contributed by atoms with Crippen molar-refractivity contribution in [1.29, 1.82) is 0 Å². The lowest BCUT2D eigenvalue weighted by atomic mass is 9.91. The summed E-state index contributed by atoms with van der Waals surface area (Å²) in [6.07, 6.45) is 2.04. The molecule has 0 aliphatic heterocycles. The highest BCUT2D eigenvalue weighted by atomic mass is 79.9. The first kappa shape index (κ1) is 15.8. The maximum Gasteiger partial charge on any atom is 0.118 e. The van der Waals surface area contributed by atoms with Gasteiger partial charge < -0.3 is 4.74 Å².